The van der Waals surface area contributed by atoms with Crippen molar-refractivity contribution in [3.63, 3.8) is 0 Å². The quantitative estimate of drug-likeness (QED) is 0.781. The lowest BCUT2D eigenvalue weighted by atomic mass is 10.00. The van der Waals surface area contributed by atoms with Crippen molar-refractivity contribution in [1.82, 2.24) is 0 Å². The van der Waals surface area contributed by atoms with Gasteiger partial charge < -0.3 is 10.2 Å². The number of rotatable bonds is 5. The van der Waals surface area contributed by atoms with Crippen LogP contribution >= 0.6 is 0 Å². The summed E-state index contributed by atoms with van der Waals surface area (Å²) in [5, 5.41) is 18.7. The van der Waals surface area contributed by atoms with Gasteiger partial charge in [-0.3, -0.25) is 0 Å². The maximum absolute atomic E-state index is 12.0. The summed E-state index contributed by atoms with van der Waals surface area (Å²) in [5.41, 5.74) is 0.418. The van der Waals surface area contributed by atoms with Gasteiger partial charge in [-0.1, -0.05) is 37.3 Å². The van der Waals surface area contributed by atoms with Gasteiger partial charge in [0.2, 0.25) is 0 Å². The van der Waals surface area contributed by atoms with Gasteiger partial charge in [0.15, 0.2) is 9.84 Å². The summed E-state index contributed by atoms with van der Waals surface area (Å²) >= 11 is 0. The number of hydrogen-bond donors (Lipinski definition) is 2. The van der Waals surface area contributed by atoms with Crippen molar-refractivity contribution in [2.45, 2.75) is 11.7 Å². The Morgan fingerprint density at radius 2 is 1.62 bits per heavy atom. The molecule has 4 nitrogen and oxygen atoms in total. The first kappa shape index (κ1) is 13.2. The Morgan fingerprint density at radius 3 is 2.00 bits per heavy atom. The van der Waals surface area contributed by atoms with Crippen molar-refractivity contribution in [2.24, 2.45) is 0 Å². The summed E-state index contributed by atoms with van der Waals surface area (Å²) in [7, 11) is -3.58. The van der Waals surface area contributed by atoms with Crippen LogP contribution in [0.25, 0.3) is 0 Å². The Bertz CT molecular complexity index is 421. The summed E-state index contributed by atoms with van der Waals surface area (Å²) in [6.07, 6.45) is 0. The highest BCUT2D eigenvalue weighted by molar-refractivity contribution is 7.92. The fourth-order valence-corrected chi connectivity index (χ4v) is 3.07. The van der Waals surface area contributed by atoms with E-state index < -0.39 is 27.8 Å². The smallest absolute Gasteiger partial charge is 0.164 e. The Kier molecular flexibility index (Phi) is 4.07. The molecule has 0 spiro atoms. The highest BCUT2D eigenvalue weighted by Gasteiger charge is 2.43. The lowest BCUT2D eigenvalue weighted by Crippen LogP contribution is -2.44. The van der Waals surface area contributed by atoms with Gasteiger partial charge in [-0.25, -0.2) is 8.42 Å². The van der Waals surface area contributed by atoms with E-state index in [1.807, 2.05) is 0 Å². The van der Waals surface area contributed by atoms with Crippen molar-refractivity contribution in [2.75, 3.05) is 19.0 Å². The lowest BCUT2D eigenvalue weighted by molar-refractivity contribution is 0.166. The number of benzene rings is 1. The average Bonchev–Trinajstić information content (AvgIpc) is 2.32. The molecule has 1 aromatic carbocycles. The van der Waals surface area contributed by atoms with Crippen LogP contribution in [-0.4, -0.2) is 37.6 Å². The number of aliphatic hydroxyl groups is 2. The molecule has 0 heterocycles. The molecule has 0 bridgehead atoms. The summed E-state index contributed by atoms with van der Waals surface area (Å²) in [6, 6.07) is 8.31. The van der Waals surface area contributed by atoms with E-state index in [1.54, 1.807) is 30.3 Å². The lowest BCUT2D eigenvalue weighted by Gasteiger charge is -2.29. The van der Waals surface area contributed by atoms with Crippen molar-refractivity contribution in [3.05, 3.63) is 35.9 Å². The first-order valence-corrected chi connectivity index (χ1v) is 6.69. The molecule has 0 saturated carbocycles. The molecule has 0 aromatic heterocycles. The van der Waals surface area contributed by atoms with Crippen LogP contribution in [0.15, 0.2) is 30.3 Å². The molecule has 1 aromatic rings. The molecule has 90 valence electrons. The Labute approximate surface area is 95.5 Å². The minimum absolute atomic E-state index is 0.122. The van der Waals surface area contributed by atoms with Crippen LogP contribution in [0.3, 0.4) is 0 Å². The van der Waals surface area contributed by atoms with Crippen molar-refractivity contribution >= 4 is 9.84 Å². The number of aliphatic hydroxyl groups excluding tert-OH is 2. The van der Waals surface area contributed by atoms with E-state index in [2.05, 4.69) is 0 Å². The maximum atomic E-state index is 12.0. The predicted octanol–water partition coefficient (Wildman–Crippen LogP) is 0.301. The Morgan fingerprint density at radius 1 is 1.12 bits per heavy atom. The van der Waals surface area contributed by atoms with Gasteiger partial charge in [0, 0.05) is 5.75 Å². The van der Waals surface area contributed by atoms with Crippen molar-refractivity contribution < 1.29 is 18.6 Å². The van der Waals surface area contributed by atoms with Crippen molar-refractivity contribution in [1.29, 1.82) is 0 Å². The minimum atomic E-state index is -3.58. The van der Waals surface area contributed by atoms with Crippen LogP contribution in [0.1, 0.15) is 12.5 Å². The molecular formula is C11H16O4S. The molecule has 0 fully saturated rings. The fraction of sp³-hybridized carbons (Fsp3) is 0.455. The summed E-state index contributed by atoms with van der Waals surface area (Å²) in [6.45, 7) is 0.256. The zero-order valence-electron chi connectivity index (χ0n) is 9.13. The molecule has 0 aliphatic carbocycles. The number of sulfone groups is 1. The molecule has 0 amide bonds. The largest absolute Gasteiger partial charge is 0.394 e. The third-order valence-corrected chi connectivity index (χ3v) is 5.23. The molecule has 5 heteroatoms. The SMILES string of the molecule is CCS(=O)(=O)C(CO)(CO)c1ccccc1. The van der Waals surface area contributed by atoms with Gasteiger partial charge in [0.05, 0.1) is 13.2 Å². The third-order valence-electron chi connectivity index (χ3n) is 2.79. The molecule has 0 saturated heterocycles. The second-order valence-electron chi connectivity index (χ2n) is 3.58. The standard InChI is InChI=1S/C11H16O4S/c1-2-16(14,15)11(8-12,9-13)10-6-4-3-5-7-10/h3-7,12-13H,2,8-9H2,1H3. The summed E-state index contributed by atoms with van der Waals surface area (Å²) in [4.78, 5) is 0. The predicted molar refractivity (Wildman–Crippen MR) is 61.8 cm³/mol. The molecule has 0 atom stereocenters. The number of hydrogen-bond acceptors (Lipinski definition) is 4. The van der Waals surface area contributed by atoms with Crippen LogP contribution in [0, 0.1) is 0 Å². The van der Waals surface area contributed by atoms with Crippen LogP contribution in [-0.2, 0) is 14.6 Å². The average molecular weight is 244 g/mol. The fourth-order valence-electron chi connectivity index (χ4n) is 1.63. The van der Waals surface area contributed by atoms with Gasteiger partial charge in [0.25, 0.3) is 0 Å². The van der Waals surface area contributed by atoms with Crippen LogP contribution < -0.4 is 0 Å². The van der Waals surface area contributed by atoms with Crippen LogP contribution in [0.4, 0.5) is 0 Å². The van der Waals surface area contributed by atoms with Gasteiger partial charge in [-0.15, -0.1) is 0 Å². The van der Waals surface area contributed by atoms with E-state index in [-0.39, 0.29) is 5.75 Å². The van der Waals surface area contributed by atoms with E-state index in [0.717, 1.165) is 0 Å². The Balaban J connectivity index is 3.39. The zero-order chi connectivity index (χ0) is 12.2. The molecule has 16 heavy (non-hydrogen) atoms. The topological polar surface area (TPSA) is 74.6 Å². The first-order valence-electron chi connectivity index (χ1n) is 5.03. The van der Waals surface area contributed by atoms with Gasteiger partial charge >= 0.3 is 0 Å². The van der Waals surface area contributed by atoms with Gasteiger partial charge in [-0.2, -0.15) is 0 Å². The van der Waals surface area contributed by atoms with E-state index in [4.69, 9.17) is 0 Å². The first-order chi connectivity index (χ1) is 7.54. The highest BCUT2D eigenvalue weighted by Crippen LogP contribution is 2.30. The highest BCUT2D eigenvalue weighted by atomic mass is 32.2. The molecule has 0 unspecified atom stereocenters. The summed E-state index contributed by atoms with van der Waals surface area (Å²) < 4.78 is 22.3. The molecular weight excluding hydrogens is 228 g/mol. The molecule has 0 aliphatic rings. The van der Waals surface area contributed by atoms with E-state index in [1.165, 1.54) is 6.92 Å². The summed E-state index contributed by atoms with van der Waals surface area (Å²) in [5.74, 6) is -0.122. The second kappa shape index (κ2) is 4.95. The second-order valence-corrected chi connectivity index (χ2v) is 6.17. The third kappa shape index (κ3) is 1.98. The zero-order valence-corrected chi connectivity index (χ0v) is 9.94. The van der Waals surface area contributed by atoms with Crippen LogP contribution in [0.5, 0.6) is 0 Å². The van der Waals surface area contributed by atoms with E-state index in [0.29, 0.717) is 5.56 Å². The molecule has 0 aliphatic heterocycles. The monoisotopic (exact) mass is 244 g/mol. The molecule has 2 N–H and O–H groups in total. The van der Waals surface area contributed by atoms with Crippen molar-refractivity contribution in [3.8, 4) is 0 Å². The minimum Gasteiger partial charge on any atom is -0.394 e. The van der Waals surface area contributed by atoms with Crippen LogP contribution in [0.2, 0.25) is 0 Å². The normalized spacial score (nSPS) is 12.7. The van der Waals surface area contributed by atoms with Gasteiger partial charge in [0.1, 0.15) is 4.75 Å². The Hall–Kier alpha value is -0.910. The van der Waals surface area contributed by atoms with E-state index >= 15 is 0 Å². The van der Waals surface area contributed by atoms with E-state index in [9.17, 15) is 18.6 Å². The maximum Gasteiger partial charge on any atom is 0.164 e. The van der Waals surface area contributed by atoms with Gasteiger partial charge in [-0.05, 0) is 5.56 Å². The molecule has 1 rings (SSSR count). The molecule has 0 radical (unpaired) electrons.